The molecule has 1 aliphatic heterocycles. The molecule has 2 atom stereocenters. The minimum atomic E-state index is -1.04. The second-order valence-electron chi connectivity index (χ2n) is 4.12. The number of imide groups is 1. The lowest BCUT2D eigenvalue weighted by atomic mass is 9.96. The van der Waals surface area contributed by atoms with E-state index in [4.69, 9.17) is 0 Å². The Balaban J connectivity index is 2.10. The number of rotatable bonds is 2. The third kappa shape index (κ3) is 2.22. The van der Waals surface area contributed by atoms with Crippen LogP contribution in [0.15, 0.2) is 24.3 Å². The summed E-state index contributed by atoms with van der Waals surface area (Å²) >= 11 is 0. The SMILES string of the molecule is CC1C(=O)NC(=O)C1C(=O)Nc1ccc(F)cc1. The molecule has 18 heavy (non-hydrogen) atoms. The molecule has 0 saturated carbocycles. The molecule has 2 rings (SSSR count). The number of amides is 3. The molecule has 6 heteroatoms. The third-order valence-corrected chi connectivity index (χ3v) is 2.84. The van der Waals surface area contributed by atoms with Gasteiger partial charge in [0.2, 0.25) is 17.7 Å². The van der Waals surface area contributed by atoms with Gasteiger partial charge in [0.15, 0.2) is 0 Å². The number of carbonyl (C=O) groups excluding carboxylic acids is 3. The highest BCUT2D eigenvalue weighted by atomic mass is 19.1. The van der Waals surface area contributed by atoms with Crippen molar-refractivity contribution in [1.29, 1.82) is 0 Å². The van der Waals surface area contributed by atoms with Gasteiger partial charge in [-0.05, 0) is 24.3 Å². The Labute approximate surface area is 102 Å². The van der Waals surface area contributed by atoms with E-state index < -0.39 is 35.4 Å². The summed E-state index contributed by atoms with van der Waals surface area (Å²) in [6.45, 7) is 1.51. The Morgan fingerprint density at radius 1 is 1.22 bits per heavy atom. The monoisotopic (exact) mass is 250 g/mol. The maximum absolute atomic E-state index is 12.7. The van der Waals surface area contributed by atoms with Crippen LogP contribution >= 0.6 is 0 Å². The van der Waals surface area contributed by atoms with Gasteiger partial charge in [0.25, 0.3) is 0 Å². The van der Waals surface area contributed by atoms with Gasteiger partial charge >= 0.3 is 0 Å². The Morgan fingerprint density at radius 3 is 2.33 bits per heavy atom. The number of carbonyl (C=O) groups is 3. The normalized spacial score (nSPS) is 22.8. The fourth-order valence-corrected chi connectivity index (χ4v) is 1.79. The number of hydrogen-bond donors (Lipinski definition) is 2. The second-order valence-corrected chi connectivity index (χ2v) is 4.12. The van der Waals surface area contributed by atoms with Gasteiger partial charge in [-0.3, -0.25) is 19.7 Å². The third-order valence-electron chi connectivity index (χ3n) is 2.84. The highest BCUT2D eigenvalue weighted by Gasteiger charge is 2.43. The average molecular weight is 250 g/mol. The fourth-order valence-electron chi connectivity index (χ4n) is 1.79. The Hall–Kier alpha value is -2.24. The molecule has 0 spiro atoms. The lowest BCUT2D eigenvalue weighted by molar-refractivity contribution is -0.131. The molecule has 0 aliphatic carbocycles. The van der Waals surface area contributed by atoms with Crippen molar-refractivity contribution in [1.82, 2.24) is 5.32 Å². The molecule has 94 valence electrons. The Bertz CT molecular complexity index is 513. The maximum Gasteiger partial charge on any atom is 0.239 e. The Kier molecular flexibility index (Phi) is 3.10. The summed E-state index contributed by atoms with van der Waals surface area (Å²) in [5.41, 5.74) is 0.376. The summed E-state index contributed by atoms with van der Waals surface area (Å²) in [5, 5.41) is 4.57. The summed E-state index contributed by atoms with van der Waals surface area (Å²) in [4.78, 5) is 34.5. The van der Waals surface area contributed by atoms with E-state index in [1.807, 2.05) is 0 Å². The number of nitrogens with one attached hydrogen (secondary N) is 2. The van der Waals surface area contributed by atoms with Crippen LogP contribution in [0.5, 0.6) is 0 Å². The molecule has 1 fully saturated rings. The van der Waals surface area contributed by atoms with E-state index in [1.165, 1.54) is 31.2 Å². The number of halogens is 1. The zero-order valence-electron chi connectivity index (χ0n) is 9.57. The quantitative estimate of drug-likeness (QED) is 0.598. The van der Waals surface area contributed by atoms with Crippen molar-refractivity contribution >= 4 is 23.4 Å². The smallest absolute Gasteiger partial charge is 0.239 e. The van der Waals surface area contributed by atoms with E-state index in [2.05, 4.69) is 10.6 Å². The van der Waals surface area contributed by atoms with Gasteiger partial charge in [0.1, 0.15) is 11.7 Å². The standard InChI is InChI=1S/C12H11FN2O3/c1-6-9(12(18)15-10(6)16)11(17)14-8-4-2-7(13)3-5-8/h2-6,9H,1H3,(H,14,17)(H,15,16,18). The van der Waals surface area contributed by atoms with Gasteiger partial charge in [-0.1, -0.05) is 6.92 Å². The lowest BCUT2D eigenvalue weighted by Gasteiger charge is -2.11. The van der Waals surface area contributed by atoms with E-state index in [-0.39, 0.29) is 0 Å². The molecule has 1 aromatic carbocycles. The van der Waals surface area contributed by atoms with Crippen molar-refractivity contribution in [2.24, 2.45) is 11.8 Å². The molecular formula is C12H11FN2O3. The molecule has 1 saturated heterocycles. The summed E-state index contributed by atoms with van der Waals surface area (Å²) in [5.74, 6) is -3.79. The van der Waals surface area contributed by atoms with Crippen LogP contribution in [0, 0.1) is 17.7 Å². The van der Waals surface area contributed by atoms with Crippen molar-refractivity contribution in [2.45, 2.75) is 6.92 Å². The van der Waals surface area contributed by atoms with Crippen LogP contribution in [0.4, 0.5) is 10.1 Å². The minimum Gasteiger partial charge on any atom is -0.325 e. The van der Waals surface area contributed by atoms with Gasteiger partial charge < -0.3 is 5.32 Å². The summed E-state index contributed by atoms with van der Waals surface area (Å²) in [7, 11) is 0. The number of anilines is 1. The lowest BCUT2D eigenvalue weighted by Crippen LogP contribution is -2.31. The molecule has 0 radical (unpaired) electrons. The van der Waals surface area contributed by atoms with Crippen molar-refractivity contribution in [3.8, 4) is 0 Å². The molecule has 0 bridgehead atoms. The number of hydrogen-bond acceptors (Lipinski definition) is 3. The van der Waals surface area contributed by atoms with Crippen LogP contribution in [0.2, 0.25) is 0 Å². The molecule has 2 N–H and O–H groups in total. The van der Waals surface area contributed by atoms with E-state index in [0.717, 1.165) is 0 Å². The van der Waals surface area contributed by atoms with Crippen molar-refractivity contribution in [3.05, 3.63) is 30.1 Å². The van der Waals surface area contributed by atoms with E-state index in [0.29, 0.717) is 5.69 Å². The van der Waals surface area contributed by atoms with Gasteiger partial charge in [0, 0.05) is 5.69 Å². The largest absolute Gasteiger partial charge is 0.325 e. The Morgan fingerprint density at radius 2 is 1.83 bits per heavy atom. The fraction of sp³-hybridized carbons (Fsp3) is 0.250. The summed E-state index contributed by atoms with van der Waals surface area (Å²) < 4.78 is 12.7. The summed E-state index contributed by atoms with van der Waals surface area (Å²) in [6.07, 6.45) is 0. The number of benzene rings is 1. The zero-order valence-corrected chi connectivity index (χ0v) is 9.57. The van der Waals surface area contributed by atoms with E-state index in [9.17, 15) is 18.8 Å². The van der Waals surface area contributed by atoms with E-state index >= 15 is 0 Å². The van der Waals surface area contributed by atoms with Crippen LogP contribution in [0.3, 0.4) is 0 Å². The molecule has 5 nitrogen and oxygen atoms in total. The predicted molar refractivity (Wildman–Crippen MR) is 60.8 cm³/mol. The minimum absolute atomic E-state index is 0.376. The topological polar surface area (TPSA) is 75.3 Å². The molecule has 0 aromatic heterocycles. The van der Waals surface area contributed by atoms with Gasteiger partial charge in [-0.2, -0.15) is 0 Å². The van der Waals surface area contributed by atoms with Gasteiger partial charge in [-0.15, -0.1) is 0 Å². The van der Waals surface area contributed by atoms with Crippen LogP contribution in [-0.2, 0) is 14.4 Å². The second kappa shape index (κ2) is 4.56. The van der Waals surface area contributed by atoms with Crippen LogP contribution in [-0.4, -0.2) is 17.7 Å². The molecule has 1 aliphatic rings. The molecular weight excluding hydrogens is 239 g/mol. The zero-order chi connectivity index (χ0) is 13.3. The summed E-state index contributed by atoms with van der Waals surface area (Å²) in [6, 6.07) is 5.15. The maximum atomic E-state index is 12.7. The average Bonchev–Trinajstić information content (AvgIpc) is 2.56. The predicted octanol–water partition coefficient (Wildman–Crippen LogP) is 0.673. The van der Waals surface area contributed by atoms with Crippen molar-refractivity contribution < 1.29 is 18.8 Å². The van der Waals surface area contributed by atoms with Crippen LogP contribution in [0.1, 0.15) is 6.92 Å². The first-order chi connectivity index (χ1) is 8.49. The first-order valence-corrected chi connectivity index (χ1v) is 5.40. The van der Waals surface area contributed by atoms with E-state index in [1.54, 1.807) is 0 Å². The van der Waals surface area contributed by atoms with Gasteiger partial charge in [-0.25, -0.2) is 4.39 Å². The van der Waals surface area contributed by atoms with Gasteiger partial charge in [0.05, 0.1) is 5.92 Å². The van der Waals surface area contributed by atoms with Crippen LogP contribution < -0.4 is 10.6 Å². The first-order valence-electron chi connectivity index (χ1n) is 5.40. The van der Waals surface area contributed by atoms with Crippen molar-refractivity contribution in [2.75, 3.05) is 5.32 Å². The molecule has 2 unspecified atom stereocenters. The molecule has 3 amide bonds. The van der Waals surface area contributed by atoms with Crippen molar-refractivity contribution in [3.63, 3.8) is 0 Å². The highest BCUT2D eigenvalue weighted by molar-refractivity contribution is 6.17. The van der Waals surface area contributed by atoms with Crippen LogP contribution in [0.25, 0.3) is 0 Å². The molecule has 1 heterocycles. The highest BCUT2D eigenvalue weighted by Crippen LogP contribution is 2.20. The molecule has 1 aromatic rings. The first kappa shape index (κ1) is 12.2.